The predicted molar refractivity (Wildman–Crippen MR) is 117 cm³/mol. The lowest BCUT2D eigenvalue weighted by molar-refractivity contribution is 0.0600. The van der Waals surface area contributed by atoms with Crippen LogP contribution in [0.15, 0.2) is 36.4 Å². The Balaban J connectivity index is 1.97. The number of benzene rings is 2. The standard InChI is InChI=1S/C22H25N3O3S/c1-14-12-15(2)19-18(13-14)23-22(29-19)25(11-10-24(3)4)20(26)16-6-8-17(9-7-16)21(27)28-5/h6-9,12-13H,10-11H2,1-5H3. The number of ether oxygens (including phenoxy) is 1. The van der Waals surface area contributed by atoms with Gasteiger partial charge in [-0.05, 0) is 69.4 Å². The Labute approximate surface area is 174 Å². The van der Waals surface area contributed by atoms with Crippen molar-refractivity contribution in [1.29, 1.82) is 0 Å². The maximum absolute atomic E-state index is 13.3. The molecule has 0 unspecified atom stereocenters. The van der Waals surface area contributed by atoms with Crippen LogP contribution < -0.4 is 4.90 Å². The molecule has 1 amide bonds. The molecular formula is C22H25N3O3S. The number of likely N-dealkylation sites (N-methyl/N-ethyl adjacent to an activating group) is 1. The van der Waals surface area contributed by atoms with Crippen LogP contribution in [0.1, 0.15) is 31.8 Å². The third kappa shape index (κ3) is 4.63. The predicted octanol–water partition coefficient (Wildman–Crippen LogP) is 3.91. The number of esters is 1. The second-order valence-corrected chi connectivity index (χ2v) is 8.23. The van der Waals surface area contributed by atoms with E-state index in [9.17, 15) is 9.59 Å². The molecule has 0 atom stereocenters. The Morgan fingerprint density at radius 2 is 1.69 bits per heavy atom. The number of aromatic nitrogens is 1. The van der Waals surface area contributed by atoms with Gasteiger partial charge < -0.3 is 9.64 Å². The van der Waals surface area contributed by atoms with E-state index in [1.807, 2.05) is 32.0 Å². The molecule has 1 aromatic heterocycles. The van der Waals surface area contributed by atoms with Gasteiger partial charge in [-0.1, -0.05) is 17.4 Å². The first kappa shape index (κ1) is 21.0. The van der Waals surface area contributed by atoms with Crippen LogP contribution >= 0.6 is 11.3 Å². The van der Waals surface area contributed by atoms with Crippen LogP contribution in [0.4, 0.5) is 5.13 Å². The van der Waals surface area contributed by atoms with Crippen LogP contribution in [0.25, 0.3) is 10.2 Å². The molecule has 0 bridgehead atoms. The lowest BCUT2D eigenvalue weighted by atomic mass is 10.1. The fourth-order valence-corrected chi connectivity index (χ4v) is 4.13. The molecule has 29 heavy (non-hydrogen) atoms. The SMILES string of the molecule is COC(=O)c1ccc(C(=O)N(CCN(C)C)c2nc3cc(C)cc(C)c3s2)cc1. The van der Waals surface area contributed by atoms with Crippen LogP contribution in [0.3, 0.4) is 0 Å². The Morgan fingerprint density at radius 1 is 1.03 bits per heavy atom. The molecule has 3 aromatic rings. The van der Waals surface area contributed by atoms with Crippen LogP contribution in [0, 0.1) is 13.8 Å². The van der Waals surface area contributed by atoms with Crippen molar-refractivity contribution in [3.8, 4) is 0 Å². The molecule has 0 spiro atoms. The van der Waals surface area contributed by atoms with Gasteiger partial charge in [0.15, 0.2) is 5.13 Å². The van der Waals surface area contributed by atoms with Gasteiger partial charge in [0.25, 0.3) is 5.91 Å². The third-order valence-corrected chi connectivity index (χ3v) is 5.84. The zero-order valence-electron chi connectivity index (χ0n) is 17.4. The maximum atomic E-state index is 13.3. The van der Waals surface area contributed by atoms with Crippen molar-refractivity contribution in [2.24, 2.45) is 0 Å². The molecule has 0 aliphatic carbocycles. The number of hydrogen-bond donors (Lipinski definition) is 0. The number of carbonyl (C=O) groups excluding carboxylic acids is 2. The molecule has 152 valence electrons. The highest BCUT2D eigenvalue weighted by molar-refractivity contribution is 7.22. The van der Waals surface area contributed by atoms with Crippen molar-refractivity contribution in [3.05, 3.63) is 58.7 Å². The number of anilines is 1. The second kappa shape index (κ2) is 8.71. The number of aryl methyl sites for hydroxylation is 2. The van der Waals surface area contributed by atoms with E-state index in [1.54, 1.807) is 29.2 Å². The molecule has 0 saturated carbocycles. The summed E-state index contributed by atoms with van der Waals surface area (Å²) in [4.78, 5) is 33.4. The summed E-state index contributed by atoms with van der Waals surface area (Å²) in [5.41, 5.74) is 4.13. The van der Waals surface area contributed by atoms with Gasteiger partial charge in [-0.3, -0.25) is 9.69 Å². The first-order valence-corrected chi connectivity index (χ1v) is 10.1. The van der Waals surface area contributed by atoms with Crippen molar-refractivity contribution in [3.63, 3.8) is 0 Å². The van der Waals surface area contributed by atoms with Gasteiger partial charge in [-0.2, -0.15) is 0 Å². The fraction of sp³-hybridized carbons (Fsp3) is 0.318. The molecule has 0 radical (unpaired) electrons. The van der Waals surface area contributed by atoms with Crippen molar-refractivity contribution in [1.82, 2.24) is 9.88 Å². The van der Waals surface area contributed by atoms with E-state index in [0.29, 0.717) is 29.3 Å². The molecule has 7 heteroatoms. The quantitative estimate of drug-likeness (QED) is 0.576. The van der Waals surface area contributed by atoms with Gasteiger partial charge in [-0.15, -0.1) is 0 Å². The highest BCUT2D eigenvalue weighted by Gasteiger charge is 2.22. The number of rotatable bonds is 6. The summed E-state index contributed by atoms with van der Waals surface area (Å²) >= 11 is 1.53. The molecule has 0 aliphatic rings. The van der Waals surface area contributed by atoms with Gasteiger partial charge in [0.05, 0.1) is 22.9 Å². The summed E-state index contributed by atoms with van der Waals surface area (Å²) < 4.78 is 5.82. The topological polar surface area (TPSA) is 62.7 Å². The van der Waals surface area contributed by atoms with E-state index in [-0.39, 0.29) is 5.91 Å². The number of hydrogen-bond acceptors (Lipinski definition) is 6. The van der Waals surface area contributed by atoms with E-state index < -0.39 is 5.97 Å². The summed E-state index contributed by atoms with van der Waals surface area (Å²) in [5, 5.41) is 0.678. The smallest absolute Gasteiger partial charge is 0.337 e. The van der Waals surface area contributed by atoms with Crippen molar-refractivity contribution >= 4 is 38.6 Å². The lowest BCUT2D eigenvalue weighted by Crippen LogP contribution is -2.36. The zero-order valence-corrected chi connectivity index (χ0v) is 18.2. The minimum Gasteiger partial charge on any atom is -0.465 e. The molecule has 3 rings (SSSR count). The molecule has 0 fully saturated rings. The minimum atomic E-state index is -0.425. The van der Waals surface area contributed by atoms with Crippen LogP contribution in [-0.4, -0.2) is 56.1 Å². The largest absolute Gasteiger partial charge is 0.465 e. The van der Waals surface area contributed by atoms with Crippen LogP contribution in [-0.2, 0) is 4.74 Å². The number of fused-ring (bicyclic) bond motifs is 1. The fourth-order valence-electron chi connectivity index (χ4n) is 3.09. The van der Waals surface area contributed by atoms with E-state index in [4.69, 9.17) is 9.72 Å². The highest BCUT2D eigenvalue weighted by Crippen LogP contribution is 2.32. The van der Waals surface area contributed by atoms with Gasteiger partial charge in [-0.25, -0.2) is 9.78 Å². The Hall–Kier alpha value is -2.77. The molecule has 0 aliphatic heterocycles. The summed E-state index contributed by atoms with van der Waals surface area (Å²) in [7, 11) is 5.28. The maximum Gasteiger partial charge on any atom is 0.337 e. The van der Waals surface area contributed by atoms with Crippen molar-refractivity contribution in [2.45, 2.75) is 13.8 Å². The van der Waals surface area contributed by atoms with Crippen molar-refractivity contribution in [2.75, 3.05) is 39.2 Å². The van der Waals surface area contributed by atoms with Crippen LogP contribution in [0.2, 0.25) is 0 Å². The van der Waals surface area contributed by atoms with Gasteiger partial charge in [0.1, 0.15) is 0 Å². The lowest BCUT2D eigenvalue weighted by Gasteiger charge is -2.22. The number of carbonyl (C=O) groups is 2. The summed E-state index contributed by atoms with van der Waals surface area (Å²) in [5.74, 6) is -0.567. The third-order valence-electron chi connectivity index (χ3n) is 4.61. The Kier molecular flexibility index (Phi) is 6.30. The average Bonchev–Trinajstić information content (AvgIpc) is 3.11. The summed E-state index contributed by atoms with van der Waals surface area (Å²) in [6, 6.07) is 10.7. The van der Waals surface area contributed by atoms with E-state index in [0.717, 1.165) is 21.3 Å². The van der Waals surface area contributed by atoms with Gasteiger partial charge >= 0.3 is 5.97 Å². The van der Waals surface area contributed by atoms with Gasteiger partial charge in [0.2, 0.25) is 0 Å². The Bertz CT molecular complexity index is 1040. The number of amides is 1. The molecular weight excluding hydrogens is 386 g/mol. The number of thiazole rings is 1. The first-order valence-electron chi connectivity index (χ1n) is 9.33. The molecule has 0 saturated heterocycles. The molecule has 2 aromatic carbocycles. The normalized spacial score (nSPS) is 11.1. The first-order chi connectivity index (χ1) is 13.8. The van der Waals surface area contributed by atoms with E-state index in [2.05, 4.69) is 13.0 Å². The van der Waals surface area contributed by atoms with E-state index >= 15 is 0 Å². The number of methoxy groups -OCH3 is 1. The minimum absolute atomic E-state index is 0.142. The monoisotopic (exact) mass is 411 g/mol. The van der Waals surface area contributed by atoms with Gasteiger partial charge in [0, 0.05) is 18.7 Å². The second-order valence-electron chi connectivity index (χ2n) is 7.26. The summed E-state index contributed by atoms with van der Waals surface area (Å²) in [6.45, 7) is 5.33. The highest BCUT2D eigenvalue weighted by atomic mass is 32.1. The molecule has 1 heterocycles. The van der Waals surface area contributed by atoms with Crippen molar-refractivity contribution < 1.29 is 14.3 Å². The van der Waals surface area contributed by atoms with E-state index in [1.165, 1.54) is 18.4 Å². The summed E-state index contributed by atoms with van der Waals surface area (Å²) in [6.07, 6.45) is 0. The Morgan fingerprint density at radius 3 is 2.31 bits per heavy atom. The van der Waals surface area contributed by atoms with Crippen LogP contribution in [0.5, 0.6) is 0 Å². The molecule has 0 N–H and O–H groups in total. The zero-order chi connectivity index (χ0) is 21.1. The average molecular weight is 412 g/mol. The molecule has 6 nitrogen and oxygen atoms in total. The number of nitrogens with zero attached hydrogens (tertiary/aromatic N) is 3.